The van der Waals surface area contributed by atoms with Crippen LogP contribution in [0.2, 0.25) is 0 Å². The van der Waals surface area contributed by atoms with Crippen molar-refractivity contribution in [3.63, 3.8) is 0 Å². The van der Waals surface area contributed by atoms with Crippen molar-refractivity contribution in [2.45, 2.75) is 13.8 Å². The van der Waals surface area contributed by atoms with E-state index in [0.29, 0.717) is 6.54 Å². The van der Waals surface area contributed by atoms with Crippen molar-refractivity contribution in [1.82, 2.24) is 4.90 Å². The van der Waals surface area contributed by atoms with Gasteiger partial charge in [0.25, 0.3) is 11.6 Å². The normalized spacial score (nSPS) is 11.4. The van der Waals surface area contributed by atoms with E-state index in [0.717, 1.165) is 6.07 Å². The summed E-state index contributed by atoms with van der Waals surface area (Å²) in [4.78, 5) is 23.9. The van der Waals surface area contributed by atoms with Gasteiger partial charge in [0.05, 0.1) is 16.9 Å². The van der Waals surface area contributed by atoms with E-state index in [-0.39, 0.29) is 35.3 Å². The maximum absolute atomic E-state index is 12.3. The molecular formula is C13H16N4O3. The third-order valence-electron chi connectivity index (χ3n) is 2.86. The summed E-state index contributed by atoms with van der Waals surface area (Å²) in [5.74, 6) is -0.652. The molecule has 7 heteroatoms. The van der Waals surface area contributed by atoms with Gasteiger partial charge in [0, 0.05) is 24.7 Å². The van der Waals surface area contributed by atoms with Crippen molar-refractivity contribution in [3.8, 4) is 6.07 Å². The van der Waals surface area contributed by atoms with Crippen molar-refractivity contribution in [3.05, 3.63) is 33.9 Å². The van der Waals surface area contributed by atoms with Crippen LogP contribution in [0.1, 0.15) is 24.2 Å². The predicted molar refractivity (Wildman–Crippen MR) is 73.9 cm³/mol. The maximum Gasteiger partial charge on any atom is 0.292 e. The van der Waals surface area contributed by atoms with E-state index >= 15 is 0 Å². The van der Waals surface area contributed by atoms with Crippen LogP contribution in [-0.2, 0) is 0 Å². The summed E-state index contributed by atoms with van der Waals surface area (Å²) in [5, 5.41) is 19.6. The van der Waals surface area contributed by atoms with E-state index in [1.807, 2.05) is 0 Å². The second kappa shape index (κ2) is 6.52. The number of rotatable bonds is 5. The number of hydrogen-bond acceptors (Lipinski definition) is 5. The second-order valence-electron chi connectivity index (χ2n) is 4.40. The quantitative estimate of drug-likeness (QED) is 0.500. The summed E-state index contributed by atoms with van der Waals surface area (Å²) in [5.41, 5.74) is 5.41. The third-order valence-corrected chi connectivity index (χ3v) is 2.86. The fraction of sp³-hybridized carbons (Fsp3) is 0.385. The summed E-state index contributed by atoms with van der Waals surface area (Å²) < 4.78 is 0. The van der Waals surface area contributed by atoms with Crippen molar-refractivity contribution >= 4 is 17.3 Å². The first-order chi connectivity index (χ1) is 9.40. The summed E-state index contributed by atoms with van der Waals surface area (Å²) >= 11 is 0. The van der Waals surface area contributed by atoms with Crippen LogP contribution in [0.15, 0.2) is 18.2 Å². The molecule has 1 rings (SSSR count). The van der Waals surface area contributed by atoms with E-state index in [1.165, 1.54) is 17.0 Å². The van der Waals surface area contributed by atoms with Crippen molar-refractivity contribution in [1.29, 1.82) is 5.26 Å². The SMILES string of the molecule is CCN(CC(C)C#N)C(=O)c1ccc(N)c([N+](=O)[O-])c1. The number of amides is 1. The predicted octanol–water partition coefficient (Wildman–Crippen LogP) is 1.80. The Bertz CT molecular complexity index is 565. The molecule has 0 aliphatic rings. The summed E-state index contributed by atoms with van der Waals surface area (Å²) in [6.07, 6.45) is 0. The zero-order chi connectivity index (χ0) is 15.3. The van der Waals surface area contributed by atoms with Gasteiger partial charge in [0.15, 0.2) is 0 Å². The van der Waals surface area contributed by atoms with Crippen LogP contribution in [0.5, 0.6) is 0 Å². The molecule has 7 nitrogen and oxygen atoms in total. The van der Waals surface area contributed by atoms with Gasteiger partial charge in [-0.3, -0.25) is 14.9 Å². The zero-order valence-corrected chi connectivity index (χ0v) is 11.4. The molecule has 0 saturated heterocycles. The van der Waals surface area contributed by atoms with Gasteiger partial charge < -0.3 is 10.6 Å². The lowest BCUT2D eigenvalue weighted by atomic mass is 10.1. The lowest BCUT2D eigenvalue weighted by molar-refractivity contribution is -0.383. The van der Waals surface area contributed by atoms with Crippen molar-refractivity contribution < 1.29 is 9.72 Å². The number of anilines is 1. The van der Waals surface area contributed by atoms with Crippen molar-refractivity contribution in [2.24, 2.45) is 5.92 Å². The highest BCUT2D eigenvalue weighted by Crippen LogP contribution is 2.23. The number of nitrogens with zero attached hydrogens (tertiary/aromatic N) is 3. The van der Waals surface area contributed by atoms with E-state index in [1.54, 1.807) is 13.8 Å². The Balaban J connectivity index is 3.04. The van der Waals surface area contributed by atoms with Crippen LogP contribution in [0.25, 0.3) is 0 Å². The van der Waals surface area contributed by atoms with Crippen LogP contribution < -0.4 is 5.73 Å². The van der Waals surface area contributed by atoms with Gasteiger partial charge in [0.1, 0.15) is 5.69 Å². The molecule has 0 saturated carbocycles. The highest BCUT2D eigenvalue weighted by molar-refractivity contribution is 5.95. The molecule has 0 heterocycles. The monoisotopic (exact) mass is 276 g/mol. The number of nitrogens with two attached hydrogens (primary N) is 1. The molecule has 0 spiro atoms. The Morgan fingerprint density at radius 1 is 1.60 bits per heavy atom. The number of carbonyl (C=O) groups excluding carboxylic acids is 1. The number of benzene rings is 1. The summed E-state index contributed by atoms with van der Waals surface area (Å²) in [7, 11) is 0. The molecule has 0 aliphatic heterocycles. The van der Waals surface area contributed by atoms with Gasteiger partial charge in [-0.05, 0) is 26.0 Å². The first-order valence-electron chi connectivity index (χ1n) is 6.13. The standard InChI is InChI=1S/C13H16N4O3/c1-3-16(8-9(2)7-14)13(18)10-4-5-11(15)12(6-10)17(19)20/h4-6,9H,3,8,15H2,1-2H3. The van der Waals surface area contributed by atoms with Crippen LogP contribution in [0.4, 0.5) is 11.4 Å². The van der Waals surface area contributed by atoms with Gasteiger partial charge in [-0.15, -0.1) is 0 Å². The van der Waals surface area contributed by atoms with E-state index in [2.05, 4.69) is 6.07 Å². The first-order valence-corrected chi connectivity index (χ1v) is 6.13. The van der Waals surface area contributed by atoms with Gasteiger partial charge in [-0.25, -0.2) is 0 Å². The lowest BCUT2D eigenvalue weighted by Crippen LogP contribution is -2.34. The topological polar surface area (TPSA) is 113 Å². The number of nitro groups is 1. The lowest BCUT2D eigenvalue weighted by Gasteiger charge is -2.22. The highest BCUT2D eigenvalue weighted by Gasteiger charge is 2.20. The zero-order valence-electron chi connectivity index (χ0n) is 11.4. The summed E-state index contributed by atoms with van der Waals surface area (Å²) in [6.45, 7) is 4.20. The van der Waals surface area contributed by atoms with Crippen LogP contribution in [0, 0.1) is 27.4 Å². The molecule has 0 bridgehead atoms. The van der Waals surface area contributed by atoms with E-state index in [4.69, 9.17) is 11.0 Å². The first kappa shape index (κ1) is 15.4. The Labute approximate surface area is 116 Å². The number of nitriles is 1. The minimum absolute atomic E-state index is 0.0139. The molecule has 0 fully saturated rings. The maximum atomic E-state index is 12.3. The van der Waals surface area contributed by atoms with Crippen LogP contribution in [-0.4, -0.2) is 28.8 Å². The summed E-state index contributed by atoms with van der Waals surface area (Å²) in [6, 6.07) is 6.01. The van der Waals surface area contributed by atoms with Crippen LogP contribution in [0.3, 0.4) is 0 Å². The highest BCUT2D eigenvalue weighted by atomic mass is 16.6. The van der Waals surface area contributed by atoms with Gasteiger partial charge in [-0.1, -0.05) is 0 Å². The second-order valence-corrected chi connectivity index (χ2v) is 4.40. The van der Waals surface area contributed by atoms with E-state index in [9.17, 15) is 14.9 Å². The van der Waals surface area contributed by atoms with Crippen LogP contribution >= 0.6 is 0 Å². The average molecular weight is 276 g/mol. The van der Waals surface area contributed by atoms with Gasteiger partial charge in [0.2, 0.25) is 0 Å². The van der Waals surface area contributed by atoms with Gasteiger partial charge >= 0.3 is 0 Å². The Kier molecular flexibility index (Phi) is 5.03. The molecule has 1 aromatic rings. The number of nitrogen functional groups attached to an aromatic ring is 1. The molecule has 0 aliphatic carbocycles. The average Bonchev–Trinajstić information content (AvgIpc) is 2.43. The number of nitro benzene ring substituents is 1. The molecule has 2 N–H and O–H groups in total. The molecule has 1 amide bonds. The number of carbonyl (C=O) groups is 1. The molecule has 20 heavy (non-hydrogen) atoms. The minimum atomic E-state index is -0.625. The van der Waals surface area contributed by atoms with E-state index < -0.39 is 4.92 Å². The smallest absolute Gasteiger partial charge is 0.292 e. The molecular weight excluding hydrogens is 260 g/mol. The minimum Gasteiger partial charge on any atom is -0.393 e. The number of hydrogen-bond donors (Lipinski definition) is 1. The molecule has 1 aromatic carbocycles. The fourth-order valence-corrected chi connectivity index (χ4v) is 1.74. The Morgan fingerprint density at radius 3 is 2.75 bits per heavy atom. The Hall–Kier alpha value is -2.62. The third kappa shape index (κ3) is 3.45. The fourth-order valence-electron chi connectivity index (χ4n) is 1.74. The van der Waals surface area contributed by atoms with Gasteiger partial charge in [-0.2, -0.15) is 5.26 Å². The van der Waals surface area contributed by atoms with Crippen molar-refractivity contribution in [2.75, 3.05) is 18.8 Å². The molecule has 0 aromatic heterocycles. The molecule has 106 valence electrons. The molecule has 1 unspecified atom stereocenters. The Morgan fingerprint density at radius 2 is 2.25 bits per heavy atom. The largest absolute Gasteiger partial charge is 0.393 e. The molecule has 1 atom stereocenters. The molecule has 0 radical (unpaired) electrons.